The third-order valence-electron chi connectivity index (χ3n) is 3.94. The molecule has 1 amide bonds. The molecule has 0 fully saturated rings. The molecule has 2 aromatic rings. The number of amides is 1. The fraction of sp³-hybridized carbons (Fsp3) is 0.167. The largest absolute Gasteiger partial charge is 0.465 e. The molecule has 7 heteroatoms. The van der Waals surface area contributed by atoms with Crippen LogP contribution in [-0.2, 0) is 9.53 Å². The third kappa shape index (κ3) is 3.23. The molecule has 1 aliphatic rings. The summed E-state index contributed by atoms with van der Waals surface area (Å²) in [4.78, 5) is 27.6. The Kier molecular flexibility index (Phi) is 4.50. The standard InChI is InChI=1S/C18H17N3O3S/c1-10-8-13(9-15-16(22)20-18(19)25-15)11(2)21(10)14-6-4-12(5-7-14)17(23)24-3/h4-9H,1-3H3,(H2,19,20,22)/b15-9-. The molecule has 1 aromatic carbocycles. The van der Waals surface area contributed by atoms with E-state index in [1.165, 1.54) is 18.9 Å². The van der Waals surface area contributed by atoms with Gasteiger partial charge in [0.2, 0.25) is 0 Å². The second-order valence-corrected chi connectivity index (χ2v) is 6.63. The average molecular weight is 355 g/mol. The number of ether oxygens (including phenoxy) is 1. The van der Waals surface area contributed by atoms with Crippen LogP contribution in [-0.4, -0.2) is 28.7 Å². The van der Waals surface area contributed by atoms with Crippen LogP contribution in [0.2, 0.25) is 0 Å². The van der Waals surface area contributed by atoms with E-state index in [-0.39, 0.29) is 17.0 Å². The van der Waals surface area contributed by atoms with Gasteiger partial charge in [-0.3, -0.25) is 4.79 Å². The minimum absolute atomic E-state index is 0.267. The van der Waals surface area contributed by atoms with E-state index in [4.69, 9.17) is 10.5 Å². The van der Waals surface area contributed by atoms with Gasteiger partial charge in [0.1, 0.15) is 0 Å². The smallest absolute Gasteiger partial charge is 0.337 e. The number of amidine groups is 1. The van der Waals surface area contributed by atoms with Crippen molar-refractivity contribution in [3.63, 3.8) is 0 Å². The Labute approximate surface area is 149 Å². The molecule has 0 saturated heterocycles. The Morgan fingerprint density at radius 3 is 2.52 bits per heavy atom. The first-order valence-corrected chi connectivity index (χ1v) is 8.38. The minimum Gasteiger partial charge on any atom is -0.465 e. The maximum absolute atomic E-state index is 11.8. The summed E-state index contributed by atoms with van der Waals surface area (Å²) in [6.45, 7) is 3.96. The highest BCUT2D eigenvalue weighted by molar-refractivity contribution is 8.18. The summed E-state index contributed by atoms with van der Waals surface area (Å²) in [5, 5.41) is 0.267. The van der Waals surface area contributed by atoms with Gasteiger partial charge in [0.25, 0.3) is 5.91 Å². The van der Waals surface area contributed by atoms with E-state index in [0.29, 0.717) is 10.5 Å². The van der Waals surface area contributed by atoms with E-state index in [9.17, 15) is 9.59 Å². The van der Waals surface area contributed by atoms with Crippen molar-refractivity contribution < 1.29 is 14.3 Å². The Morgan fingerprint density at radius 1 is 1.28 bits per heavy atom. The summed E-state index contributed by atoms with van der Waals surface area (Å²) in [5.74, 6) is -0.679. The highest BCUT2D eigenvalue weighted by Gasteiger charge is 2.20. The Hall–Kier alpha value is -2.80. The molecule has 1 aliphatic heterocycles. The summed E-state index contributed by atoms with van der Waals surface area (Å²) in [6.07, 6.45) is 1.80. The number of aryl methyl sites for hydroxylation is 1. The Bertz CT molecular complexity index is 924. The zero-order valence-corrected chi connectivity index (χ0v) is 14.9. The molecule has 2 heterocycles. The SMILES string of the molecule is COC(=O)c1ccc(-n2c(C)cc(/C=C3\SC(N)=NC3=O)c2C)cc1. The van der Waals surface area contributed by atoms with Gasteiger partial charge >= 0.3 is 5.97 Å². The molecule has 0 bridgehead atoms. The number of esters is 1. The second kappa shape index (κ2) is 6.60. The average Bonchev–Trinajstić information content (AvgIpc) is 3.05. The summed E-state index contributed by atoms with van der Waals surface area (Å²) >= 11 is 1.17. The number of rotatable bonds is 3. The molecule has 3 rings (SSSR count). The van der Waals surface area contributed by atoms with Crippen LogP contribution < -0.4 is 5.73 Å². The van der Waals surface area contributed by atoms with Crippen LogP contribution in [0.1, 0.15) is 27.3 Å². The van der Waals surface area contributed by atoms with Crippen LogP contribution >= 0.6 is 11.8 Å². The van der Waals surface area contributed by atoms with Crippen LogP contribution in [0.4, 0.5) is 0 Å². The number of hydrogen-bond donors (Lipinski definition) is 1. The van der Waals surface area contributed by atoms with Gasteiger partial charge in [0, 0.05) is 17.1 Å². The molecule has 25 heavy (non-hydrogen) atoms. The molecule has 6 nitrogen and oxygen atoms in total. The first-order chi connectivity index (χ1) is 11.9. The third-order valence-corrected chi connectivity index (χ3v) is 4.75. The first kappa shape index (κ1) is 17.0. The van der Waals surface area contributed by atoms with E-state index in [1.54, 1.807) is 18.2 Å². The van der Waals surface area contributed by atoms with Gasteiger partial charge in [-0.05, 0) is 67.6 Å². The van der Waals surface area contributed by atoms with Gasteiger partial charge in [-0.1, -0.05) is 0 Å². The second-order valence-electron chi connectivity index (χ2n) is 5.57. The van der Waals surface area contributed by atoms with Crippen molar-refractivity contribution >= 4 is 34.9 Å². The van der Waals surface area contributed by atoms with Crippen molar-refractivity contribution in [3.05, 3.63) is 57.8 Å². The number of carbonyl (C=O) groups excluding carboxylic acids is 2. The molecule has 0 aliphatic carbocycles. The number of nitrogens with two attached hydrogens (primary N) is 1. The van der Waals surface area contributed by atoms with Gasteiger partial charge < -0.3 is 15.0 Å². The normalized spacial score (nSPS) is 15.6. The lowest BCUT2D eigenvalue weighted by atomic mass is 10.2. The lowest BCUT2D eigenvalue weighted by molar-refractivity contribution is -0.113. The predicted molar refractivity (Wildman–Crippen MR) is 98.8 cm³/mol. The Balaban J connectivity index is 1.97. The molecule has 0 unspecified atom stereocenters. The number of carbonyl (C=O) groups is 2. The topological polar surface area (TPSA) is 86.7 Å². The molecule has 2 N–H and O–H groups in total. The van der Waals surface area contributed by atoms with Crippen LogP contribution in [0.25, 0.3) is 11.8 Å². The van der Waals surface area contributed by atoms with Crippen molar-refractivity contribution in [2.45, 2.75) is 13.8 Å². The van der Waals surface area contributed by atoms with Crippen LogP contribution in [0.5, 0.6) is 0 Å². The van der Waals surface area contributed by atoms with E-state index >= 15 is 0 Å². The van der Waals surface area contributed by atoms with Gasteiger partial charge in [0.15, 0.2) is 5.17 Å². The van der Waals surface area contributed by atoms with Gasteiger partial charge in [-0.15, -0.1) is 0 Å². The molecule has 0 atom stereocenters. The fourth-order valence-electron chi connectivity index (χ4n) is 2.76. The molecular weight excluding hydrogens is 338 g/mol. The lowest BCUT2D eigenvalue weighted by Gasteiger charge is -2.10. The summed E-state index contributed by atoms with van der Waals surface area (Å²) in [7, 11) is 1.36. The number of methoxy groups -OCH3 is 1. The van der Waals surface area contributed by atoms with Crippen LogP contribution in [0, 0.1) is 13.8 Å². The predicted octanol–water partition coefficient (Wildman–Crippen LogP) is 2.81. The molecule has 0 radical (unpaired) electrons. The number of thioether (sulfide) groups is 1. The highest BCUT2D eigenvalue weighted by atomic mass is 32.2. The molecule has 0 spiro atoms. The number of hydrogen-bond acceptors (Lipinski definition) is 5. The van der Waals surface area contributed by atoms with Crippen molar-refractivity contribution in [2.75, 3.05) is 7.11 Å². The van der Waals surface area contributed by atoms with E-state index < -0.39 is 0 Å². The van der Waals surface area contributed by atoms with Crippen molar-refractivity contribution in [2.24, 2.45) is 10.7 Å². The molecule has 0 saturated carbocycles. The van der Waals surface area contributed by atoms with Crippen molar-refractivity contribution in [3.8, 4) is 5.69 Å². The van der Waals surface area contributed by atoms with Crippen LogP contribution in [0.3, 0.4) is 0 Å². The van der Waals surface area contributed by atoms with Crippen molar-refractivity contribution in [1.29, 1.82) is 0 Å². The monoisotopic (exact) mass is 355 g/mol. The first-order valence-electron chi connectivity index (χ1n) is 7.56. The molecular formula is C18H17N3O3S. The quantitative estimate of drug-likeness (QED) is 0.676. The Morgan fingerprint density at radius 2 is 1.96 bits per heavy atom. The maximum Gasteiger partial charge on any atom is 0.337 e. The molecule has 128 valence electrons. The lowest BCUT2D eigenvalue weighted by Crippen LogP contribution is -2.03. The van der Waals surface area contributed by atoms with E-state index in [1.807, 2.05) is 32.0 Å². The zero-order valence-electron chi connectivity index (χ0n) is 14.1. The summed E-state index contributed by atoms with van der Waals surface area (Å²) < 4.78 is 6.77. The number of benzene rings is 1. The summed E-state index contributed by atoms with van der Waals surface area (Å²) in [6, 6.07) is 9.17. The zero-order chi connectivity index (χ0) is 18.1. The van der Waals surface area contributed by atoms with Crippen LogP contribution in [0.15, 0.2) is 40.2 Å². The maximum atomic E-state index is 11.8. The minimum atomic E-state index is -0.368. The number of aliphatic imine (C=N–C) groups is 1. The van der Waals surface area contributed by atoms with Gasteiger partial charge in [0.05, 0.1) is 17.6 Å². The van der Waals surface area contributed by atoms with Crippen molar-refractivity contribution in [1.82, 2.24) is 4.57 Å². The number of nitrogens with zero attached hydrogens (tertiary/aromatic N) is 2. The van der Waals surface area contributed by atoms with E-state index in [0.717, 1.165) is 22.6 Å². The highest BCUT2D eigenvalue weighted by Crippen LogP contribution is 2.29. The fourth-order valence-corrected chi connectivity index (χ4v) is 3.43. The summed E-state index contributed by atoms with van der Waals surface area (Å²) in [5.41, 5.74) is 9.93. The number of aromatic nitrogens is 1. The molecule has 1 aromatic heterocycles. The van der Waals surface area contributed by atoms with Gasteiger partial charge in [-0.25, -0.2) is 4.79 Å². The van der Waals surface area contributed by atoms with Gasteiger partial charge in [-0.2, -0.15) is 4.99 Å². The van der Waals surface area contributed by atoms with E-state index in [2.05, 4.69) is 9.56 Å².